The van der Waals surface area contributed by atoms with Crippen molar-refractivity contribution in [2.45, 2.75) is 40.0 Å². The van der Waals surface area contributed by atoms with Gasteiger partial charge in [-0.1, -0.05) is 19.0 Å². The standard InChI is InChI=1S/C14H20N4O/c1-9(2)14-17-13(18-19-14)5-6-15-12-7-10(3)16-11(4)8-12/h7-9H,5-6H2,1-4H3,(H,15,16). The Labute approximate surface area is 113 Å². The third-order valence-corrected chi connectivity index (χ3v) is 2.74. The van der Waals surface area contributed by atoms with E-state index < -0.39 is 0 Å². The normalized spacial score (nSPS) is 11.0. The van der Waals surface area contributed by atoms with Crippen molar-refractivity contribution in [3.05, 3.63) is 35.2 Å². The summed E-state index contributed by atoms with van der Waals surface area (Å²) >= 11 is 0. The first kappa shape index (κ1) is 13.5. The summed E-state index contributed by atoms with van der Waals surface area (Å²) in [5.74, 6) is 1.73. The Kier molecular flexibility index (Phi) is 4.14. The molecule has 0 aliphatic rings. The molecule has 0 fully saturated rings. The molecule has 0 spiro atoms. The second-order valence-electron chi connectivity index (χ2n) is 5.02. The molecule has 0 radical (unpaired) electrons. The minimum atomic E-state index is 0.278. The van der Waals surface area contributed by atoms with E-state index in [9.17, 15) is 0 Å². The van der Waals surface area contributed by atoms with Gasteiger partial charge in [-0.3, -0.25) is 4.98 Å². The molecular weight excluding hydrogens is 240 g/mol. The zero-order valence-corrected chi connectivity index (χ0v) is 11.9. The van der Waals surface area contributed by atoms with Crippen LogP contribution in [-0.2, 0) is 6.42 Å². The van der Waals surface area contributed by atoms with E-state index in [1.165, 1.54) is 0 Å². The van der Waals surface area contributed by atoms with Crippen LogP contribution >= 0.6 is 0 Å². The van der Waals surface area contributed by atoms with Gasteiger partial charge in [-0.2, -0.15) is 4.98 Å². The lowest BCUT2D eigenvalue weighted by molar-refractivity contribution is 0.361. The van der Waals surface area contributed by atoms with Crippen LogP contribution in [0.25, 0.3) is 0 Å². The summed E-state index contributed by atoms with van der Waals surface area (Å²) in [6.45, 7) is 8.84. The average molecular weight is 260 g/mol. The highest BCUT2D eigenvalue weighted by molar-refractivity contribution is 5.45. The van der Waals surface area contributed by atoms with E-state index in [-0.39, 0.29) is 5.92 Å². The molecule has 0 unspecified atom stereocenters. The molecule has 0 bridgehead atoms. The molecular formula is C14H20N4O. The monoisotopic (exact) mass is 260 g/mol. The number of nitrogens with one attached hydrogen (secondary N) is 1. The van der Waals surface area contributed by atoms with Crippen molar-refractivity contribution in [1.82, 2.24) is 15.1 Å². The number of aryl methyl sites for hydroxylation is 2. The summed E-state index contributed by atoms with van der Waals surface area (Å²) in [5, 5.41) is 7.32. The topological polar surface area (TPSA) is 63.8 Å². The van der Waals surface area contributed by atoms with E-state index in [1.54, 1.807) is 0 Å². The number of nitrogens with zero attached hydrogens (tertiary/aromatic N) is 3. The molecule has 0 amide bonds. The molecule has 2 aromatic rings. The van der Waals surface area contributed by atoms with Crippen molar-refractivity contribution in [3.63, 3.8) is 0 Å². The van der Waals surface area contributed by atoms with Gasteiger partial charge in [-0.15, -0.1) is 0 Å². The van der Waals surface area contributed by atoms with E-state index in [4.69, 9.17) is 4.52 Å². The average Bonchev–Trinajstić information content (AvgIpc) is 2.76. The van der Waals surface area contributed by atoms with E-state index >= 15 is 0 Å². The van der Waals surface area contributed by atoms with E-state index in [0.29, 0.717) is 5.89 Å². The van der Waals surface area contributed by atoms with Crippen LogP contribution in [0.15, 0.2) is 16.7 Å². The third-order valence-electron chi connectivity index (χ3n) is 2.74. The number of anilines is 1. The molecule has 0 aromatic carbocycles. The van der Waals surface area contributed by atoms with Crippen LogP contribution in [-0.4, -0.2) is 21.7 Å². The molecule has 0 saturated heterocycles. The molecule has 1 N–H and O–H groups in total. The van der Waals surface area contributed by atoms with Crippen LogP contribution < -0.4 is 5.32 Å². The molecule has 5 heteroatoms. The molecule has 0 aliphatic heterocycles. The number of pyridine rings is 1. The Balaban J connectivity index is 1.88. The molecule has 2 rings (SSSR count). The van der Waals surface area contributed by atoms with Gasteiger partial charge in [0, 0.05) is 36.0 Å². The number of aromatic nitrogens is 3. The van der Waals surface area contributed by atoms with Crippen LogP contribution in [0.3, 0.4) is 0 Å². The SMILES string of the molecule is Cc1cc(NCCc2noc(C(C)C)n2)cc(C)n1. The molecule has 102 valence electrons. The zero-order chi connectivity index (χ0) is 13.8. The van der Waals surface area contributed by atoms with Gasteiger partial charge in [0.05, 0.1) is 0 Å². The van der Waals surface area contributed by atoms with E-state index in [1.807, 2.05) is 39.8 Å². The first-order chi connectivity index (χ1) is 9.04. The van der Waals surface area contributed by atoms with Crippen molar-refractivity contribution < 1.29 is 4.52 Å². The molecule has 0 aliphatic carbocycles. The van der Waals surface area contributed by atoms with Crippen LogP contribution in [0.2, 0.25) is 0 Å². The third kappa shape index (κ3) is 3.77. The molecule has 0 atom stereocenters. The predicted octanol–water partition coefficient (Wildman–Crippen LogP) is 2.86. The fourth-order valence-electron chi connectivity index (χ4n) is 1.86. The minimum Gasteiger partial charge on any atom is -0.384 e. The number of hydrogen-bond acceptors (Lipinski definition) is 5. The molecule has 2 aromatic heterocycles. The van der Waals surface area contributed by atoms with Gasteiger partial charge < -0.3 is 9.84 Å². The highest BCUT2D eigenvalue weighted by Gasteiger charge is 2.09. The van der Waals surface area contributed by atoms with Crippen LogP contribution in [0.4, 0.5) is 5.69 Å². The zero-order valence-electron chi connectivity index (χ0n) is 11.9. The summed E-state index contributed by atoms with van der Waals surface area (Å²) in [6.07, 6.45) is 0.747. The van der Waals surface area contributed by atoms with Gasteiger partial charge in [-0.05, 0) is 26.0 Å². The van der Waals surface area contributed by atoms with Crippen molar-refractivity contribution in [2.75, 3.05) is 11.9 Å². The van der Waals surface area contributed by atoms with Crippen LogP contribution in [0.1, 0.15) is 42.9 Å². The second-order valence-corrected chi connectivity index (χ2v) is 5.02. The first-order valence-electron chi connectivity index (χ1n) is 6.56. The Morgan fingerprint density at radius 3 is 2.42 bits per heavy atom. The predicted molar refractivity (Wildman–Crippen MR) is 74.3 cm³/mol. The Bertz CT molecular complexity index is 528. The summed E-state index contributed by atoms with van der Waals surface area (Å²) in [7, 11) is 0. The quantitative estimate of drug-likeness (QED) is 0.895. The molecule has 19 heavy (non-hydrogen) atoms. The largest absolute Gasteiger partial charge is 0.384 e. The second kappa shape index (κ2) is 5.82. The van der Waals surface area contributed by atoms with Crippen LogP contribution in [0.5, 0.6) is 0 Å². The summed E-state index contributed by atoms with van der Waals surface area (Å²) in [6, 6.07) is 4.06. The van der Waals surface area contributed by atoms with Crippen molar-refractivity contribution in [3.8, 4) is 0 Å². The van der Waals surface area contributed by atoms with Crippen molar-refractivity contribution in [1.29, 1.82) is 0 Å². The smallest absolute Gasteiger partial charge is 0.229 e. The highest BCUT2D eigenvalue weighted by Crippen LogP contribution is 2.12. The van der Waals surface area contributed by atoms with Gasteiger partial charge in [-0.25, -0.2) is 0 Å². The lowest BCUT2D eigenvalue weighted by atomic mass is 10.2. The van der Waals surface area contributed by atoms with Gasteiger partial charge in [0.1, 0.15) is 0 Å². The fourth-order valence-corrected chi connectivity index (χ4v) is 1.86. The van der Waals surface area contributed by atoms with Gasteiger partial charge in [0.15, 0.2) is 5.82 Å². The lowest BCUT2D eigenvalue weighted by Crippen LogP contribution is -2.07. The summed E-state index contributed by atoms with van der Waals surface area (Å²) in [4.78, 5) is 8.69. The highest BCUT2D eigenvalue weighted by atomic mass is 16.5. The molecule has 5 nitrogen and oxygen atoms in total. The van der Waals surface area contributed by atoms with Crippen LogP contribution in [0, 0.1) is 13.8 Å². The minimum absolute atomic E-state index is 0.278. The van der Waals surface area contributed by atoms with E-state index in [2.05, 4.69) is 20.4 Å². The van der Waals surface area contributed by atoms with Gasteiger partial charge in [0.25, 0.3) is 0 Å². The maximum atomic E-state index is 5.17. The first-order valence-corrected chi connectivity index (χ1v) is 6.56. The van der Waals surface area contributed by atoms with Crippen molar-refractivity contribution in [2.24, 2.45) is 0 Å². The van der Waals surface area contributed by atoms with Crippen molar-refractivity contribution >= 4 is 5.69 Å². The summed E-state index contributed by atoms with van der Waals surface area (Å²) in [5.41, 5.74) is 3.12. The van der Waals surface area contributed by atoms with E-state index in [0.717, 1.165) is 35.9 Å². The fraction of sp³-hybridized carbons (Fsp3) is 0.500. The Morgan fingerprint density at radius 2 is 1.84 bits per heavy atom. The Hall–Kier alpha value is -1.91. The maximum absolute atomic E-state index is 5.17. The maximum Gasteiger partial charge on any atom is 0.229 e. The summed E-state index contributed by atoms with van der Waals surface area (Å²) < 4.78 is 5.17. The number of rotatable bonds is 5. The Morgan fingerprint density at radius 1 is 1.16 bits per heavy atom. The van der Waals surface area contributed by atoms with Gasteiger partial charge >= 0.3 is 0 Å². The lowest BCUT2D eigenvalue weighted by Gasteiger charge is -2.06. The molecule has 0 saturated carbocycles. The molecule has 2 heterocycles. The number of hydrogen-bond donors (Lipinski definition) is 1. The van der Waals surface area contributed by atoms with Gasteiger partial charge in [0.2, 0.25) is 5.89 Å².